The fraction of sp³-hybridized carbons (Fsp3) is 0.846. The Bertz CT molecular complexity index is 317. The monoisotopic (exact) mass is 236 g/mol. The van der Waals surface area contributed by atoms with E-state index < -0.39 is 0 Å². The van der Waals surface area contributed by atoms with Crippen LogP contribution in [0.1, 0.15) is 57.7 Å². The number of aromatic nitrogens is 3. The average molecular weight is 236 g/mol. The lowest BCUT2D eigenvalue weighted by Gasteiger charge is -2.00. The zero-order valence-corrected chi connectivity index (χ0v) is 10.9. The Labute approximate surface area is 104 Å². The van der Waals surface area contributed by atoms with Crippen LogP contribution in [0.4, 0.5) is 0 Å². The summed E-state index contributed by atoms with van der Waals surface area (Å²) in [6.07, 6.45) is 11.0. The number of nitrogens with one attached hydrogen (secondary N) is 1. The first-order valence-corrected chi connectivity index (χ1v) is 7.00. The molecule has 1 aromatic rings. The molecule has 1 aliphatic carbocycles. The third kappa shape index (κ3) is 4.86. The van der Waals surface area contributed by atoms with Gasteiger partial charge in [0.1, 0.15) is 6.33 Å². The molecule has 0 aliphatic heterocycles. The predicted molar refractivity (Wildman–Crippen MR) is 68.6 cm³/mol. The molecule has 0 radical (unpaired) electrons. The van der Waals surface area contributed by atoms with E-state index >= 15 is 0 Å². The second-order valence-corrected chi connectivity index (χ2v) is 4.99. The van der Waals surface area contributed by atoms with Crippen molar-refractivity contribution in [2.75, 3.05) is 0 Å². The summed E-state index contributed by atoms with van der Waals surface area (Å²) < 4.78 is 1.98. The van der Waals surface area contributed by atoms with Gasteiger partial charge in [-0.1, -0.05) is 32.6 Å². The van der Waals surface area contributed by atoms with Gasteiger partial charge >= 0.3 is 0 Å². The smallest absolute Gasteiger partial charge is 0.164 e. The maximum Gasteiger partial charge on any atom is 0.164 e. The van der Waals surface area contributed by atoms with Gasteiger partial charge in [-0.3, -0.25) is 4.68 Å². The Morgan fingerprint density at radius 1 is 1.29 bits per heavy atom. The predicted octanol–water partition coefficient (Wildman–Crippen LogP) is 2.50. The van der Waals surface area contributed by atoms with E-state index in [1.54, 1.807) is 0 Å². The van der Waals surface area contributed by atoms with Crippen molar-refractivity contribution in [3.8, 4) is 0 Å². The van der Waals surface area contributed by atoms with Crippen LogP contribution in [0.2, 0.25) is 0 Å². The zero-order chi connectivity index (χ0) is 11.9. The van der Waals surface area contributed by atoms with Gasteiger partial charge in [-0.05, 0) is 19.3 Å². The maximum absolute atomic E-state index is 4.47. The molecule has 17 heavy (non-hydrogen) atoms. The number of hydrogen-bond acceptors (Lipinski definition) is 3. The second-order valence-electron chi connectivity index (χ2n) is 4.99. The molecule has 4 nitrogen and oxygen atoms in total. The molecule has 1 fully saturated rings. The van der Waals surface area contributed by atoms with Crippen LogP contribution in [-0.2, 0) is 13.1 Å². The summed E-state index contributed by atoms with van der Waals surface area (Å²) >= 11 is 0. The van der Waals surface area contributed by atoms with Crippen LogP contribution in [0, 0.1) is 0 Å². The number of hydrogen-bond donors (Lipinski definition) is 1. The van der Waals surface area contributed by atoms with Crippen LogP contribution in [0.5, 0.6) is 0 Å². The molecule has 0 spiro atoms. The molecule has 0 saturated heterocycles. The SMILES string of the molecule is CCCCCCCn1cnc(CNC2CC2)n1. The lowest BCUT2D eigenvalue weighted by molar-refractivity contribution is 0.526. The molecule has 2 rings (SSSR count). The fourth-order valence-corrected chi connectivity index (χ4v) is 1.92. The minimum Gasteiger partial charge on any atom is -0.307 e. The summed E-state index contributed by atoms with van der Waals surface area (Å²) in [7, 11) is 0. The Morgan fingerprint density at radius 3 is 2.88 bits per heavy atom. The van der Waals surface area contributed by atoms with E-state index in [0.717, 1.165) is 25.0 Å². The molecule has 0 aromatic carbocycles. The highest BCUT2D eigenvalue weighted by Crippen LogP contribution is 2.18. The topological polar surface area (TPSA) is 42.7 Å². The van der Waals surface area contributed by atoms with Crippen molar-refractivity contribution >= 4 is 0 Å². The first kappa shape index (κ1) is 12.6. The minimum absolute atomic E-state index is 0.732. The van der Waals surface area contributed by atoms with Gasteiger partial charge in [0.25, 0.3) is 0 Å². The van der Waals surface area contributed by atoms with Crippen molar-refractivity contribution in [1.29, 1.82) is 0 Å². The molecule has 1 aliphatic rings. The number of rotatable bonds is 9. The summed E-state index contributed by atoms with van der Waals surface area (Å²) in [5.41, 5.74) is 0. The third-order valence-corrected chi connectivity index (χ3v) is 3.20. The van der Waals surface area contributed by atoms with Crippen molar-refractivity contribution in [3.05, 3.63) is 12.2 Å². The molecule has 1 N–H and O–H groups in total. The molecule has 0 amide bonds. The van der Waals surface area contributed by atoms with Crippen molar-refractivity contribution in [2.45, 2.75) is 71.0 Å². The van der Waals surface area contributed by atoms with Crippen LogP contribution < -0.4 is 5.32 Å². The van der Waals surface area contributed by atoms with Crippen molar-refractivity contribution in [3.63, 3.8) is 0 Å². The van der Waals surface area contributed by atoms with Gasteiger partial charge in [-0.2, -0.15) is 5.10 Å². The first-order chi connectivity index (χ1) is 8.38. The summed E-state index contributed by atoms with van der Waals surface area (Å²) in [5.74, 6) is 0.936. The van der Waals surface area contributed by atoms with Gasteiger partial charge in [-0.15, -0.1) is 0 Å². The molecule has 0 atom stereocenters. The Balaban J connectivity index is 1.59. The normalized spacial score (nSPS) is 15.4. The highest BCUT2D eigenvalue weighted by Gasteiger charge is 2.20. The van der Waals surface area contributed by atoms with Crippen molar-refractivity contribution < 1.29 is 0 Å². The van der Waals surface area contributed by atoms with Crippen molar-refractivity contribution in [2.24, 2.45) is 0 Å². The highest BCUT2D eigenvalue weighted by atomic mass is 15.3. The summed E-state index contributed by atoms with van der Waals surface area (Å²) in [5, 5.41) is 7.90. The van der Waals surface area contributed by atoms with E-state index in [9.17, 15) is 0 Å². The van der Waals surface area contributed by atoms with Gasteiger partial charge < -0.3 is 5.32 Å². The summed E-state index contributed by atoms with van der Waals surface area (Å²) in [6.45, 7) is 4.09. The molecular weight excluding hydrogens is 212 g/mol. The van der Waals surface area contributed by atoms with Gasteiger partial charge in [0, 0.05) is 12.6 Å². The maximum atomic E-state index is 4.47. The average Bonchev–Trinajstić information content (AvgIpc) is 3.06. The van der Waals surface area contributed by atoms with E-state index in [4.69, 9.17) is 0 Å². The molecule has 1 heterocycles. The van der Waals surface area contributed by atoms with E-state index in [2.05, 4.69) is 22.3 Å². The largest absolute Gasteiger partial charge is 0.307 e. The third-order valence-electron chi connectivity index (χ3n) is 3.20. The summed E-state index contributed by atoms with van der Waals surface area (Å²) in [4.78, 5) is 4.32. The first-order valence-electron chi connectivity index (χ1n) is 7.00. The molecule has 0 unspecified atom stereocenters. The zero-order valence-electron chi connectivity index (χ0n) is 10.9. The number of unbranched alkanes of at least 4 members (excludes halogenated alkanes) is 4. The summed E-state index contributed by atoms with van der Waals surface area (Å²) in [6, 6.07) is 0.732. The van der Waals surface area contributed by atoms with Crippen LogP contribution in [0.25, 0.3) is 0 Å². The minimum atomic E-state index is 0.732. The molecule has 1 aromatic heterocycles. The Kier molecular flexibility index (Phi) is 4.98. The molecular formula is C13H24N4. The molecule has 0 bridgehead atoms. The van der Waals surface area contributed by atoms with E-state index in [1.165, 1.54) is 44.9 Å². The Hall–Kier alpha value is -0.900. The number of aryl methyl sites for hydroxylation is 1. The lowest BCUT2D eigenvalue weighted by Crippen LogP contribution is -2.16. The van der Waals surface area contributed by atoms with Gasteiger partial charge in [0.2, 0.25) is 0 Å². The van der Waals surface area contributed by atoms with E-state index in [-0.39, 0.29) is 0 Å². The molecule has 1 saturated carbocycles. The standard InChI is InChI=1S/C13H24N4/c1-2-3-4-5-6-9-17-11-15-13(16-17)10-14-12-7-8-12/h11-12,14H,2-10H2,1H3. The van der Waals surface area contributed by atoms with E-state index in [0.29, 0.717) is 0 Å². The molecule has 96 valence electrons. The fourth-order valence-electron chi connectivity index (χ4n) is 1.92. The van der Waals surface area contributed by atoms with Gasteiger partial charge in [-0.25, -0.2) is 4.98 Å². The highest BCUT2D eigenvalue weighted by molar-refractivity contribution is 4.86. The van der Waals surface area contributed by atoms with Crippen LogP contribution >= 0.6 is 0 Å². The van der Waals surface area contributed by atoms with Crippen molar-refractivity contribution in [1.82, 2.24) is 20.1 Å². The number of nitrogens with zero attached hydrogens (tertiary/aromatic N) is 3. The quantitative estimate of drug-likeness (QED) is 0.670. The Morgan fingerprint density at radius 2 is 2.12 bits per heavy atom. The van der Waals surface area contributed by atoms with Crippen LogP contribution in [0.3, 0.4) is 0 Å². The van der Waals surface area contributed by atoms with Gasteiger partial charge in [0.05, 0.1) is 6.54 Å². The second kappa shape index (κ2) is 6.74. The lowest BCUT2D eigenvalue weighted by atomic mass is 10.1. The van der Waals surface area contributed by atoms with Crippen LogP contribution in [0.15, 0.2) is 6.33 Å². The molecule has 4 heteroatoms. The van der Waals surface area contributed by atoms with Crippen LogP contribution in [-0.4, -0.2) is 20.8 Å². The van der Waals surface area contributed by atoms with Gasteiger partial charge in [0.15, 0.2) is 5.82 Å². The van der Waals surface area contributed by atoms with E-state index in [1.807, 2.05) is 11.0 Å².